The lowest BCUT2D eigenvalue weighted by atomic mass is 9.81. The number of carbonyl (C=O) groups excluding carboxylic acids is 1. The van der Waals surface area contributed by atoms with E-state index in [9.17, 15) is 17.8 Å². The summed E-state index contributed by atoms with van der Waals surface area (Å²) < 4.78 is 41.9. The van der Waals surface area contributed by atoms with Crippen molar-refractivity contribution in [2.75, 3.05) is 24.5 Å². The predicted octanol–water partition coefficient (Wildman–Crippen LogP) is 6.76. The first-order valence-corrected chi connectivity index (χ1v) is 15.1. The summed E-state index contributed by atoms with van der Waals surface area (Å²) in [5, 5.41) is 1.03. The van der Waals surface area contributed by atoms with Crippen molar-refractivity contribution < 1.29 is 26.8 Å². The average molecular weight is 552 g/mol. The van der Waals surface area contributed by atoms with Crippen LogP contribution in [0.5, 0.6) is 0 Å². The van der Waals surface area contributed by atoms with Crippen LogP contribution >= 0.6 is 0 Å². The number of rotatable bonds is 12. The number of fused-ring (bicyclic) bond motifs is 2. The molecule has 39 heavy (non-hydrogen) atoms. The third kappa shape index (κ3) is 6.17. The second-order valence-corrected chi connectivity index (χ2v) is 12.1. The Kier molecular flexibility index (Phi) is 8.47. The Labute approximate surface area is 231 Å². The van der Waals surface area contributed by atoms with E-state index in [0.29, 0.717) is 6.42 Å². The molecule has 7 nitrogen and oxygen atoms in total. The molecule has 0 atom stereocenters. The van der Waals surface area contributed by atoms with Crippen molar-refractivity contribution >= 4 is 50.0 Å². The summed E-state index contributed by atoms with van der Waals surface area (Å²) in [7, 11) is -4.32. The Hall–Kier alpha value is -3.23. The predicted molar refractivity (Wildman–Crippen MR) is 157 cm³/mol. The van der Waals surface area contributed by atoms with Crippen LogP contribution in [0, 0.1) is 0 Å². The first-order chi connectivity index (χ1) is 18.5. The van der Waals surface area contributed by atoms with Crippen LogP contribution in [0.1, 0.15) is 71.6 Å². The minimum absolute atomic E-state index is 0.109. The molecule has 1 aliphatic heterocycles. The van der Waals surface area contributed by atoms with Crippen molar-refractivity contribution in [1.82, 2.24) is 0 Å². The fourth-order valence-corrected chi connectivity index (χ4v) is 5.95. The molecule has 0 spiro atoms. The number of hydrogen-bond donors (Lipinski definition) is 1. The maximum atomic E-state index is 11.9. The molecule has 0 fully saturated rings. The quantitative estimate of drug-likeness (QED) is 0.152. The second kappa shape index (κ2) is 11.5. The van der Waals surface area contributed by atoms with Crippen molar-refractivity contribution in [1.29, 1.82) is 0 Å². The van der Waals surface area contributed by atoms with Crippen LogP contribution in [-0.4, -0.2) is 48.7 Å². The molecule has 0 radical (unpaired) electrons. The molecule has 0 saturated heterocycles. The third-order valence-electron chi connectivity index (χ3n) is 7.63. The van der Waals surface area contributed by atoms with Gasteiger partial charge in [0.2, 0.25) is 5.69 Å². The highest BCUT2D eigenvalue weighted by Gasteiger charge is 2.44. The second-order valence-electron chi connectivity index (χ2n) is 10.7. The van der Waals surface area contributed by atoms with Gasteiger partial charge < -0.3 is 14.1 Å². The van der Waals surface area contributed by atoms with Gasteiger partial charge in [-0.2, -0.15) is 13.0 Å². The molecule has 0 bridgehead atoms. The lowest BCUT2D eigenvalue weighted by molar-refractivity contribution is -0.438. The summed E-state index contributed by atoms with van der Waals surface area (Å²) in [4.78, 5) is 13.5. The fourth-order valence-electron chi connectivity index (χ4n) is 5.45. The van der Waals surface area contributed by atoms with E-state index in [4.69, 9.17) is 4.42 Å². The van der Waals surface area contributed by atoms with Gasteiger partial charge in [0.15, 0.2) is 5.71 Å². The Bertz CT molecular complexity index is 1540. The number of nitrogens with zero attached hydrogens (tertiary/aromatic N) is 2. The number of carbonyl (C=O) groups is 1. The van der Waals surface area contributed by atoms with E-state index in [-0.39, 0.29) is 10.7 Å². The van der Waals surface area contributed by atoms with Gasteiger partial charge in [0.1, 0.15) is 23.7 Å². The van der Waals surface area contributed by atoms with Gasteiger partial charge in [-0.05, 0) is 83.9 Å². The average Bonchev–Trinajstić information content (AvgIpc) is 3.37. The smallest absolute Gasteiger partial charge is 0.294 e. The maximum Gasteiger partial charge on any atom is 0.294 e. The molecule has 2 aromatic carbocycles. The lowest BCUT2D eigenvalue weighted by Gasteiger charge is -2.20. The van der Waals surface area contributed by atoms with Crippen molar-refractivity contribution in [3.63, 3.8) is 0 Å². The first-order valence-electron chi connectivity index (χ1n) is 13.7. The molecule has 2 heterocycles. The number of ketones is 1. The van der Waals surface area contributed by atoms with E-state index in [0.717, 1.165) is 78.3 Å². The van der Waals surface area contributed by atoms with Gasteiger partial charge in [0.25, 0.3) is 10.1 Å². The van der Waals surface area contributed by atoms with Crippen LogP contribution < -0.4 is 4.90 Å². The zero-order valence-corrected chi connectivity index (χ0v) is 24.3. The number of unbranched alkanes of at least 4 members (excludes halogenated alkanes) is 2. The van der Waals surface area contributed by atoms with E-state index < -0.39 is 15.5 Å². The Morgan fingerprint density at radius 3 is 2.44 bits per heavy atom. The third-order valence-corrected chi connectivity index (χ3v) is 8.48. The number of furan rings is 1. The number of benzene rings is 2. The molecule has 1 aromatic heterocycles. The van der Waals surface area contributed by atoms with E-state index >= 15 is 0 Å². The van der Waals surface area contributed by atoms with Crippen LogP contribution in [0.3, 0.4) is 0 Å². The first kappa shape index (κ1) is 28.8. The normalized spacial score (nSPS) is 14.9. The molecule has 0 saturated carbocycles. The number of Topliss-reactive ketones (excluding diaryl/α,β-unsaturated/α-hetero) is 1. The summed E-state index contributed by atoms with van der Waals surface area (Å²) in [6, 6.07) is 13.1. The van der Waals surface area contributed by atoms with Gasteiger partial charge in [-0.25, -0.2) is 0 Å². The van der Waals surface area contributed by atoms with Crippen LogP contribution in [0.25, 0.3) is 17.0 Å². The topological polar surface area (TPSA) is 90.8 Å². The monoisotopic (exact) mass is 551 g/mol. The van der Waals surface area contributed by atoms with Gasteiger partial charge >= 0.3 is 0 Å². The molecule has 0 unspecified atom stereocenters. The zero-order valence-electron chi connectivity index (χ0n) is 23.5. The van der Waals surface area contributed by atoms with Crippen molar-refractivity contribution in [2.24, 2.45) is 0 Å². The Morgan fingerprint density at radius 1 is 1.03 bits per heavy atom. The van der Waals surface area contributed by atoms with E-state index in [2.05, 4.69) is 55.4 Å². The number of allylic oxidation sites excluding steroid dienone is 1. The van der Waals surface area contributed by atoms with E-state index in [1.165, 1.54) is 6.07 Å². The maximum absolute atomic E-state index is 11.9. The summed E-state index contributed by atoms with van der Waals surface area (Å²) in [6.45, 7) is 12.6. The molecule has 0 aliphatic carbocycles. The van der Waals surface area contributed by atoms with Crippen LogP contribution in [0.4, 0.5) is 11.4 Å². The SMILES string of the molecule is CCN(CC)c1ccc2cc(/C=C/C3=[N+](CCCCCC(C)=O)c4ccc(S(=O)(=O)O)cc4C3(C)C)oc2c1. The summed E-state index contributed by atoms with van der Waals surface area (Å²) in [5.74, 6) is 0.937. The molecule has 0 amide bonds. The largest absolute Gasteiger partial charge is 0.457 e. The van der Waals surface area contributed by atoms with Gasteiger partial charge in [0, 0.05) is 60.8 Å². The van der Waals surface area contributed by atoms with Gasteiger partial charge in [-0.15, -0.1) is 0 Å². The van der Waals surface area contributed by atoms with Gasteiger partial charge in [0.05, 0.1) is 10.3 Å². The Morgan fingerprint density at radius 2 is 1.77 bits per heavy atom. The molecular weight excluding hydrogens is 512 g/mol. The van der Waals surface area contributed by atoms with Gasteiger partial charge in [-0.3, -0.25) is 4.55 Å². The minimum Gasteiger partial charge on any atom is -0.457 e. The number of anilines is 1. The Balaban J connectivity index is 1.69. The lowest BCUT2D eigenvalue weighted by Crippen LogP contribution is -2.28. The molecule has 4 rings (SSSR count). The van der Waals surface area contributed by atoms with Crippen LogP contribution in [-0.2, 0) is 20.3 Å². The van der Waals surface area contributed by atoms with Crippen molar-refractivity contribution in [2.45, 2.75) is 70.6 Å². The molecule has 1 aliphatic rings. The standard InChI is InChI=1S/C31H38N2O5S/c1-6-32(7-2)24-13-12-23-19-25(38-29(23)20-24)14-17-30-31(4,5)27-21-26(39(35,36)37)15-16-28(27)33(30)18-10-8-9-11-22(3)34/h12-17,19-21H,6-11,18H2,1-5H3/p+1. The van der Waals surface area contributed by atoms with E-state index in [1.54, 1.807) is 19.1 Å². The van der Waals surface area contributed by atoms with Crippen molar-refractivity contribution in [3.8, 4) is 0 Å². The minimum atomic E-state index is -4.32. The van der Waals surface area contributed by atoms with Crippen LogP contribution in [0.15, 0.2) is 57.9 Å². The zero-order chi connectivity index (χ0) is 28.4. The molecule has 208 valence electrons. The van der Waals surface area contributed by atoms with E-state index in [1.807, 2.05) is 18.2 Å². The number of hydrogen-bond acceptors (Lipinski definition) is 5. The van der Waals surface area contributed by atoms with Gasteiger partial charge in [-0.1, -0.05) is 0 Å². The molecule has 3 aromatic rings. The fraction of sp³-hybridized carbons (Fsp3) is 0.419. The summed E-state index contributed by atoms with van der Waals surface area (Å²) >= 11 is 0. The highest BCUT2D eigenvalue weighted by molar-refractivity contribution is 7.85. The van der Waals surface area contributed by atoms with Crippen molar-refractivity contribution in [3.05, 3.63) is 59.9 Å². The molecule has 1 N–H and O–H groups in total. The highest BCUT2D eigenvalue weighted by Crippen LogP contribution is 2.41. The summed E-state index contributed by atoms with van der Waals surface area (Å²) in [5.41, 5.74) is 4.23. The highest BCUT2D eigenvalue weighted by atomic mass is 32.2. The summed E-state index contributed by atoms with van der Waals surface area (Å²) in [6.07, 6.45) is 7.25. The molecule has 8 heteroatoms. The molecular formula is C31H39N2O5S+. The van der Waals surface area contributed by atoms with Crippen LogP contribution in [0.2, 0.25) is 0 Å².